The zero-order valence-electron chi connectivity index (χ0n) is 16.5. The van der Waals surface area contributed by atoms with Gasteiger partial charge in [0.15, 0.2) is 11.5 Å². The zero-order chi connectivity index (χ0) is 20.5. The largest absolute Gasteiger partial charge is 0.497 e. The molecule has 2 heterocycles. The first-order chi connectivity index (χ1) is 14.7. The van der Waals surface area contributed by atoms with Crippen LogP contribution >= 0.6 is 0 Å². The molecule has 0 amide bonds. The van der Waals surface area contributed by atoms with E-state index in [2.05, 4.69) is 0 Å². The molecule has 4 aromatic rings. The number of hydrogen-bond donors (Lipinski definition) is 0. The van der Waals surface area contributed by atoms with Gasteiger partial charge in [-0.15, -0.1) is 0 Å². The number of benzene rings is 3. The molecule has 0 radical (unpaired) electrons. The van der Waals surface area contributed by atoms with Crippen LogP contribution in [-0.2, 0) is 0 Å². The number of nitrogens with zero attached hydrogens (tertiary/aromatic N) is 1. The van der Waals surface area contributed by atoms with Gasteiger partial charge in [-0.3, -0.25) is 0 Å². The summed E-state index contributed by atoms with van der Waals surface area (Å²) >= 11 is 0. The molecule has 1 aliphatic rings. The van der Waals surface area contributed by atoms with E-state index >= 15 is 0 Å². The first-order valence-electron chi connectivity index (χ1n) is 9.44. The third-order valence-corrected chi connectivity index (χ3v) is 4.93. The van der Waals surface area contributed by atoms with Crippen molar-refractivity contribution in [3.05, 3.63) is 72.1 Å². The molecule has 0 bridgehead atoms. The fourth-order valence-electron chi connectivity index (χ4n) is 3.36. The Kier molecular flexibility index (Phi) is 4.52. The van der Waals surface area contributed by atoms with Crippen LogP contribution in [0.2, 0.25) is 0 Å². The highest BCUT2D eigenvalue weighted by Crippen LogP contribution is 2.35. The van der Waals surface area contributed by atoms with Crippen LogP contribution in [0.4, 0.5) is 5.69 Å². The number of fused-ring (bicyclic) bond motifs is 2. The molecule has 6 heteroatoms. The lowest BCUT2D eigenvalue weighted by Gasteiger charge is -2.08. The van der Waals surface area contributed by atoms with E-state index in [1.165, 1.54) is 0 Å². The van der Waals surface area contributed by atoms with Gasteiger partial charge in [-0.05, 0) is 54.6 Å². The number of hydrogen-bond acceptors (Lipinski definition) is 6. The van der Waals surface area contributed by atoms with Crippen molar-refractivity contribution in [2.24, 2.45) is 4.99 Å². The fraction of sp³-hybridized carbons (Fsp3) is 0.125. The summed E-state index contributed by atoms with van der Waals surface area (Å²) in [6, 6.07) is 20.9. The maximum Gasteiger partial charge on any atom is 0.231 e. The van der Waals surface area contributed by atoms with E-state index in [-0.39, 0.29) is 6.79 Å². The van der Waals surface area contributed by atoms with Gasteiger partial charge in [0.05, 0.1) is 25.3 Å². The van der Waals surface area contributed by atoms with Gasteiger partial charge in [0.1, 0.15) is 22.8 Å². The van der Waals surface area contributed by atoms with E-state index in [4.69, 9.17) is 28.4 Å². The Hall–Kier alpha value is -3.93. The van der Waals surface area contributed by atoms with E-state index < -0.39 is 0 Å². The van der Waals surface area contributed by atoms with E-state index in [1.54, 1.807) is 14.2 Å². The lowest BCUT2D eigenvalue weighted by molar-refractivity contribution is 0.174. The molecule has 30 heavy (non-hydrogen) atoms. The van der Waals surface area contributed by atoms with Crippen LogP contribution in [0.15, 0.2) is 76.1 Å². The van der Waals surface area contributed by atoms with Gasteiger partial charge in [0.25, 0.3) is 0 Å². The topological polar surface area (TPSA) is 62.4 Å². The third-order valence-electron chi connectivity index (χ3n) is 4.93. The summed E-state index contributed by atoms with van der Waals surface area (Å²) in [5.74, 6) is 3.64. The second kappa shape index (κ2) is 7.48. The second-order valence-corrected chi connectivity index (χ2v) is 6.74. The highest BCUT2D eigenvalue weighted by Gasteiger charge is 2.13. The van der Waals surface area contributed by atoms with Crippen LogP contribution in [0.3, 0.4) is 0 Å². The number of methoxy groups -OCH3 is 2. The summed E-state index contributed by atoms with van der Waals surface area (Å²) in [5, 5.41) is 1.61. The maximum atomic E-state index is 6.17. The summed E-state index contributed by atoms with van der Waals surface area (Å²) in [6.45, 7) is 0.227. The van der Waals surface area contributed by atoms with Gasteiger partial charge in [-0.25, -0.2) is 4.99 Å². The third kappa shape index (κ3) is 3.33. The molecule has 0 atom stereocenters. The molecule has 0 spiro atoms. The molecule has 0 N–H and O–H groups in total. The SMILES string of the molecule is COc1ccc(-c2cc(=Nc3ccc4c(c3)OCO4)c3cc(OC)ccc3o2)cc1. The van der Waals surface area contributed by atoms with Crippen LogP contribution in [0, 0.1) is 0 Å². The second-order valence-electron chi connectivity index (χ2n) is 6.74. The summed E-state index contributed by atoms with van der Waals surface area (Å²) in [6.07, 6.45) is 0. The van der Waals surface area contributed by atoms with Crippen molar-refractivity contribution < 1.29 is 23.4 Å². The van der Waals surface area contributed by atoms with Crippen molar-refractivity contribution in [2.75, 3.05) is 21.0 Å². The van der Waals surface area contributed by atoms with Gasteiger partial charge in [0.2, 0.25) is 6.79 Å². The summed E-state index contributed by atoms with van der Waals surface area (Å²) in [5.41, 5.74) is 2.40. The maximum absolute atomic E-state index is 6.17. The Morgan fingerprint density at radius 3 is 2.33 bits per heavy atom. The minimum atomic E-state index is 0.227. The molecule has 3 aromatic carbocycles. The van der Waals surface area contributed by atoms with Crippen molar-refractivity contribution in [1.82, 2.24) is 0 Å². The van der Waals surface area contributed by atoms with Gasteiger partial charge >= 0.3 is 0 Å². The van der Waals surface area contributed by atoms with Crippen molar-refractivity contribution in [3.8, 4) is 34.3 Å². The highest BCUT2D eigenvalue weighted by atomic mass is 16.7. The van der Waals surface area contributed by atoms with E-state index in [9.17, 15) is 0 Å². The Morgan fingerprint density at radius 1 is 0.767 bits per heavy atom. The Morgan fingerprint density at radius 2 is 1.53 bits per heavy atom. The normalized spacial score (nSPS) is 12.9. The van der Waals surface area contributed by atoms with Gasteiger partial charge in [-0.2, -0.15) is 0 Å². The van der Waals surface area contributed by atoms with Crippen molar-refractivity contribution in [1.29, 1.82) is 0 Å². The Bertz CT molecular complexity index is 1290. The number of rotatable bonds is 4. The molecular formula is C24H19NO5. The predicted molar refractivity (Wildman–Crippen MR) is 113 cm³/mol. The molecular weight excluding hydrogens is 382 g/mol. The highest BCUT2D eigenvalue weighted by molar-refractivity contribution is 5.80. The average Bonchev–Trinajstić information content (AvgIpc) is 3.26. The predicted octanol–water partition coefficient (Wildman–Crippen LogP) is 5.08. The van der Waals surface area contributed by atoms with Gasteiger partial charge in [0, 0.05) is 23.1 Å². The standard InChI is InChI=1S/C24H19NO5/c1-26-17-6-3-15(4-7-17)23-13-20(19-12-18(27-2)8-10-21(19)30-23)25-16-5-9-22-24(11-16)29-14-28-22/h3-13H,14H2,1-2H3. The molecule has 0 aliphatic carbocycles. The first kappa shape index (κ1) is 18.1. The van der Waals surface area contributed by atoms with Crippen molar-refractivity contribution >= 4 is 16.7 Å². The average molecular weight is 401 g/mol. The van der Waals surface area contributed by atoms with E-state index in [0.717, 1.165) is 39.2 Å². The molecule has 150 valence electrons. The molecule has 0 fully saturated rings. The summed E-state index contributed by atoms with van der Waals surface area (Å²) in [4.78, 5) is 4.87. The molecule has 1 aromatic heterocycles. The van der Waals surface area contributed by atoms with Crippen LogP contribution < -0.4 is 24.3 Å². The lowest BCUT2D eigenvalue weighted by atomic mass is 10.1. The fourth-order valence-corrected chi connectivity index (χ4v) is 3.36. The Balaban J connectivity index is 1.71. The van der Waals surface area contributed by atoms with Crippen LogP contribution in [0.1, 0.15) is 0 Å². The van der Waals surface area contributed by atoms with Gasteiger partial charge < -0.3 is 23.4 Å². The molecule has 0 saturated carbocycles. The van der Waals surface area contributed by atoms with Crippen LogP contribution in [0.5, 0.6) is 23.0 Å². The summed E-state index contributed by atoms with van der Waals surface area (Å²) < 4.78 is 27.7. The minimum Gasteiger partial charge on any atom is -0.497 e. The minimum absolute atomic E-state index is 0.227. The van der Waals surface area contributed by atoms with E-state index in [0.29, 0.717) is 17.1 Å². The quantitative estimate of drug-likeness (QED) is 0.477. The Labute approximate surface area is 172 Å². The lowest BCUT2D eigenvalue weighted by Crippen LogP contribution is -2.03. The zero-order valence-corrected chi connectivity index (χ0v) is 16.5. The smallest absolute Gasteiger partial charge is 0.231 e. The van der Waals surface area contributed by atoms with Crippen molar-refractivity contribution in [3.63, 3.8) is 0 Å². The monoisotopic (exact) mass is 401 g/mol. The van der Waals surface area contributed by atoms with Crippen LogP contribution in [-0.4, -0.2) is 21.0 Å². The first-order valence-corrected chi connectivity index (χ1v) is 9.44. The van der Waals surface area contributed by atoms with Crippen LogP contribution in [0.25, 0.3) is 22.3 Å². The van der Waals surface area contributed by atoms with Crippen molar-refractivity contribution in [2.45, 2.75) is 0 Å². The van der Waals surface area contributed by atoms with Gasteiger partial charge in [-0.1, -0.05) is 0 Å². The number of ether oxygens (including phenoxy) is 4. The molecule has 5 rings (SSSR count). The van der Waals surface area contributed by atoms with E-state index in [1.807, 2.05) is 66.7 Å². The molecule has 6 nitrogen and oxygen atoms in total. The summed E-state index contributed by atoms with van der Waals surface area (Å²) in [7, 11) is 3.28. The molecule has 0 unspecified atom stereocenters. The molecule has 1 aliphatic heterocycles. The molecule has 0 saturated heterocycles.